The maximum atomic E-state index is 11.1. The second kappa shape index (κ2) is 10.6. The molecule has 142 valence electrons. The van der Waals surface area contributed by atoms with Crippen LogP contribution in [0.25, 0.3) is 0 Å². The van der Waals surface area contributed by atoms with E-state index in [9.17, 15) is 4.79 Å². The molecule has 0 radical (unpaired) electrons. The first kappa shape index (κ1) is 21.7. The minimum Gasteiger partial charge on any atom is -0.370 e. The largest absolute Gasteiger partial charge is 0.370 e. The Hall–Kier alpha value is -1.39. The summed E-state index contributed by atoms with van der Waals surface area (Å²) in [4.78, 5) is 22.0. The number of nitrogens with zero attached hydrogens (tertiary/aromatic N) is 4. The second-order valence-electron chi connectivity index (χ2n) is 6.55. The Labute approximate surface area is 166 Å². The number of carbonyl (C=O) groups excluding carboxylic acids is 1. The van der Waals surface area contributed by atoms with E-state index in [1.165, 1.54) is 0 Å². The molecule has 0 aromatic carbocycles. The quantitative estimate of drug-likeness (QED) is 0.375. The fourth-order valence-electron chi connectivity index (χ4n) is 2.93. The number of aliphatic imine (C=N–C) groups is 1. The van der Waals surface area contributed by atoms with Gasteiger partial charge in [0.15, 0.2) is 11.8 Å². The lowest BCUT2D eigenvalue weighted by atomic mass is 9.95. The van der Waals surface area contributed by atoms with Gasteiger partial charge >= 0.3 is 0 Å². The van der Waals surface area contributed by atoms with E-state index in [-0.39, 0.29) is 35.8 Å². The van der Waals surface area contributed by atoms with Gasteiger partial charge in [0.2, 0.25) is 11.8 Å². The van der Waals surface area contributed by atoms with E-state index >= 15 is 0 Å². The predicted octanol–water partition coefficient (Wildman–Crippen LogP) is 1.52. The van der Waals surface area contributed by atoms with Gasteiger partial charge in [-0.25, -0.2) is 0 Å². The Balaban J connectivity index is 0.00000312. The lowest BCUT2D eigenvalue weighted by molar-refractivity contribution is -0.119. The summed E-state index contributed by atoms with van der Waals surface area (Å²) in [5, 5.41) is 7.29. The van der Waals surface area contributed by atoms with Crippen LogP contribution in [0.5, 0.6) is 0 Å². The van der Waals surface area contributed by atoms with Gasteiger partial charge in [0.25, 0.3) is 0 Å². The van der Waals surface area contributed by atoms with Gasteiger partial charge in [0, 0.05) is 45.4 Å². The van der Waals surface area contributed by atoms with Crippen molar-refractivity contribution >= 4 is 35.8 Å². The van der Waals surface area contributed by atoms with Crippen molar-refractivity contribution in [2.45, 2.75) is 45.4 Å². The third-order valence-corrected chi connectivity index (χ3v) is 4.14. The first-order valence-corrected chi connectivity index (χ1v) is 8.56. The van der Waals surface area contributed by atoms with Gasteiger partial charge in [-0.1, -0.05) is 19.0 Å². The minimum absolute atomic E-state index is 0. The number of amides is 1. The summed E-state index contributed by atoms with van der Waals surface area (Å²) in [7, 11) is 1.77. The Bertz CT molecular complexity index is 575. The molecule has 1 atom stereocenters. The third-order valence-electron chi connectivity index (χ3n) is 4.14. The molecule has 2 rings (SSSR count). The van der Waals surface area contributed by atoms with Crippen LogP contribution >= 0.6 is 24.0 Å². The number of carbonyl (C=O) groups is 1. The molecule has 1 aliphatic rings. The van der Waals surface area contributed by atoms with E-state index in [4.69, 9.17) is 10.3 Å². The van der Waals surface area contributed by atoms with E-state index in [0.29, 0.717) is 31.2 Å². The van der Waals surface area contributed by atoms with Crippen LogP contribution in [0, 0.1) is 5.92 Å². The fraction of sp³-hybridized carbons (Fsp3) is 0.750. The average molecular weight is 464 g/mol. The van der Waals surface area contributed by atoms with Crippen LogP contribution in [0.1, 0.15) is 50.7 Å². The summed E-state index contributed by atoms with van der Waals surface area (Å²) in [5.41, 5.74) is 5.32. The van der Waals surface area contributed by atoms with Crippen molar-refractivity contribution in [1.82, 2.24) is 20.4 Å². The van der Waals surface area contributed by atoms with Crippen molar-refractivity contribution in [3.05, 3.63) is 11.7 Å². The van der Waals surface area contributed by atoms with E-state index in [0.717, 1.165) is 37.7 Å². The van der Waals surface area contributed by atoms with E-state index < -0.39 is 0 Å². The van der Waals surface area contributed by atoms with E-state index in [1.807, 2.05) is 13.8 Å². The molecule has 1 aromatic heterocycles. The fourth-order valence-corrected chi connectivity index (χ4v) is 2.93. The second-order valence-corrected chi connectivity index (χ2v) is 6.55. The topological polar surface area (TPSA) is 110 Å². The summed E-state index contributed by atoms with van der Waals surface area (Å²) < 4.78 is 5.24. The van der Waals surface area contributed by atoms with Crippen LogP contribution in [-0.4, -0.2) is 53.6 Å². The lowest BCUT2D eigenvalue weighted by Crippen LogP contribution is -2.47. The monoisotopic (exact) mass is 464 g/mol. The maximum absolute atomic E-state index is 11.1. The summed E-state index contributed by atoms with van der Waals surface area (Å²) >= 11 is 0. The Morgan fingerprint density at radius 1 is 1.52 bits per heavy atom. The molecule has 1 aromatic rings. The van der Waals surface area contributed by atoms with E-state index in [2.05, 4.69) is 25.3 Å². The summed E-state index contributed by atoms with van der Waals surface area (Å²) in [5.74, 6) is 2.54. The zero-order valence-electron chi connectivity index (χ0n) is 15.2. The normalized spacial score (nSPS) is 18.2. The van der Waals surface area contributed by atoms with Gasteiger partial charge in [0.1, 0.15) is 0 Å². The van der Waals surface area contributed by atoms with Gasteiger partial charge in [-0.3, -0.25) is 9.79 Å². The smallest absolute Gasteiger partial charge is 0.228 e. The lowest BCUT2D eigenvalue weighted by Gasteiger charge is -2.34. The van der Waals surface area contributed by atoms with Gasteiger partial charge in [-0.2, -0.15) is 4.98 Å². The zero-order chi connectivity index (χ0) is 17.5. The van der Waals surface area contributed by atoms with Crippen molar-refractivity contribution in [1.29, 1.82) is 0 Å². The number of piperidine rings is 1. The number of hydrogen-bond donors (Lipinski definition) is 2. The Kier molecular flexibility index (Phi) is 9.15. The number of guanidine groups is 1. The summed E-state index contributed by atoms with van der Waals surface area (Å²) in [6, 6.07) is 0. The summed E-state index contributed by atoms with van der Waals surface area (Å²) in [6.45, 7) is 6.48. The van der Waals surface area contributed by atoms with Gasteiger partial charge < -0.3 is 20.5 Å². The molecule has 1 aliphatic heterocycles. The summed E-state index contributed by atoms with van der Waals surface area (Å²) in [6.07, 6.45) is 3.17. The molecule has 1 fully saturated rings. The minimum atomic E-state index is -0.234. The van der Waals surface area contributed by atoms with Crippen LogP contribution in [0.4, 0.5) is 0 Å². The maximum Gasteiger partial charge on any atom is 0.228 e. The average Bonchev–Trinajstić information content (AvgIpc) is 3.00. The number of nitrogens with two attached hydrogens (primary N) is 1. The zero-order valence-corrected chi connectivity index (χ0v) is 17.5. The molecular weight excluding hydrogens is 435 g/mol. The number of rotatable bonds is 6. The Morgan fingerprint density at radius 3 is 2.88 bits per heavy atom. The van der Waals surface area contributed by atoms with Crippen LogP contribution in [0.3, 0.4) is 0 Å². The van der Waals surface area contributed by atoms with Crippen LogP contribution in [-0.2, 0) is 11.2 Å². The Morgan fingerprint density at radius 2 is 2.28 bits per heavy atom. The van der Waals surface area contributed by atoms with Gasteiger partial charge in [0.05, 0.1) is 0 Å². The predicted molar refractivity (Wildman–Crippen MR) is 107 cm³/mol. The molecule has 0 aliphatic carbocycles. The highest BCUT2D eigenvalue weighted by Crippen LogP contribution is 2.19. The first-order valence-electron chi connectivity index (χ1n) is 8.56. The molecule has 0 spiro atoms. The number of aromatic nitrogens is 2. The molecule has 1 unspecified atom stereocenters. The number of primary amides is 1. The molecule has 8 nitrogen and oxygen atoms in total. The van der Waals surface area contributed by atoms with Crippen molar-refractivity contribution in [3.63, 3.8) is 0 Å². The van der Waals surface area contributed by atoms with Crippen molar-refractivity contribution < 1.29 is 9.32 Å². The molecule has 9 heteroatoms. The standard InChI is InChI=1S/C16H28N6O2.HI/c1-11(2)15-20-14(24-21-15)6-7-19-16(18-3)22-8-4-5-12(10-22)9-13(17)23;/h11-12H,4-10H2,1-3H3,(H2,17,23)(H,18,19);1H. The number of likely N-dealkylation sites (tertiary alicyclic amines) is 1. The van der Waals surface area contributed by atoms with Gasteiger partial charge in [-0.15, -0.1) is 24.0 Å². The number of nitrogens with one attached hydrogen (secondary N) is 1. The van der Waals surface area contributed by atoms with Crippen molar-refractivity contribution in [3.8, 4) is 0 Å². The van der Waals surface area contributed by atoms with E-state index in [1.54, 1.807) is 7.05 Å². The number of hydrogen-bond acceptors (Lipinski definition) is 5. The highest BCUT2D eigenvalue weighted by atomic mass is 127. The van der Waals surface area contributed by atoms with Crippen molar-refractivity contribution in [2.24, 2.45) is 16.6 Å². The molecule has 0 saturated carbocycles. The molecule has 2 heterocycles. The van der Waals surface area contributed by atoms with Gasteiger partial charge in [-0.05, 0) is 18.8 Å². The van der Waals surface area contributed by atoms with Crippen molar-refractivity contribution in [2.75, 3.05) is 26.7 Å². The molecule has 3 N–H and O–H groups in total. The highest BCUT2D eigenvalue weighted by Gasteiger charge is 2.23. The number of halogens is 1. The molecule has 1 saturated heterocycles. The highest BCUT2D eigenvalue weighted by molar-refractivity contribution is 14.0. The third kappa shape index (κ3) is 6.79. The van der Waals surface area contributed by atoms with Crippen LogP contribution in [0.2, 0.25) is 0 Å². The SMILES string of the molecule is CN=C(NCCc1nc(C(C)C)no1)N1CCCC(CC(N)=O)C1.I. The van der Waals surface area contributed by atoms with Crippen LogP contribution < -0.4 is 11.1 Å². The molecule has 0 bridgehead atoms. The van der Waals surface area contributed by atoms with Crippen LogP contribution in [0.15, 0.2) is 9.52 Å². The molecule has 1 amide bonds. The molecular formula is C16H29IN6O2. The first-order chi connectivity index (χ1) is 11.5. The molecule has 25 heavy (non-hydrogen) atoms.